The summed E-state index contributed by atoms with van der Waals surface area (Å²) in [6.07, 6.45) is 1.57. The molecule has 7 heteroatoms. The van der Waals surface area contributed by atoms with Gasteiger partial charge in [0, 0.05) is 17.8 Å². The van der Waals surface area contributed by atoms with Crippen LogP contribution in [0.15, 0.2) is 72.9 Å². The molecule has 5 nitrogen and oxygen atoms in total. The number of nitrogens with zero attached hydrogens (tertiary/aromatic N) is 2. The van der Waals surface area contributed by atoms with Crippen LogP contribution >= 0.6 is 11.6 Å². The first-order chi connectivity index (χ1) is 13.0. The highest BCUT2D eigenvalue weighted by atomic mass is 35.5. The number of pyridine rings is 1. The Morgan fingerprint density at radius 2 is 1.74 bits per heavy atom. The van der Waals surface area contributed by atoms with Gasteiger partial charge in [0.2, 0.25) is 10.0 Å². The van der Waals surface area contributed by atoms with E-state index in [0.29, 0.717) is 22.7 Å². The number of sulfonamides is 1. The molecule has 0 radical (unpaired) electrons. The molecule has 1 heterocycles. The maximum Gasteiger partial charge on any atom is 0.235 e. The number of anilines is 1. The van der Waals surface area contributed by atoms with E-state index >= 15 is 0 Å². The smallest absolute Gasteiger partial charge is 0.235 e. The van der Waals surface area contributed by atoms with Crippen molar-refractivity contribution in [3.05, 3.63) is 83.6 Å². The minimum atomic E-state index is -3.53. The van der Waals surface area contributed by atoms with Crippen molar-refractivity contribution in [2.24, 2.45) is 0 Å². The lowest BCUT2D eigenvalue weighted by Crippen LogP contribution is -2.32. The van der Waals surface area contributed by atoms with Crippen LogP contribution in [0.25, 0.3) is 0 Å². The lowest BCUT2D eigenvalue weighted by atomic mass is 10.2. The van der Waals surface area contributed by atoms with Crippen molar-refractivity contribution in [3.8, 4) is 11.5 Å². The molecule has 0 bridgehead atoms. The highest BCUT2D eigenvalue weighted by Gasteiger charge is 2.22. The van der Waals surface area contributed by atoms with Gasteiger partial charge in [0.1, 0.15) is 16.7 Å². The van der Waals surface area contributed by atoms with Crippen molar-refractivity contribution in [2.75, 3.05) is 10.1 Å². The molecule has 3 rings (SSSR count). The summed E-state index contributed by atoms with van der Waals surface area (Å²) in [5, 5.41) is 0.283. The Balaban J connectivity index is 1.95. The molecule has 27 heavy (non-hydrogen) atoms. The molecule has 0 saturated heterocycles. The first-order valence-corrected chi connectivity index (χ1v) is 10.4. The van der Waals surface area contributed by atoms with Crippen LogP contribution in [0.5, 0.6) is 11.5 Å². The van der Waals surface area contributed by atoms with Gasteiger partial charge in [-0.1, -0.05) is 41.9 Å². The van der Waals surface area contributed by atoms with E-state index in [-0.39, 0.29) is 17.5 Å². The minimum Gasteiger partial charge on any atom is -0.457 e. The van der Waals surface area contributed by atoms with Gasteiger partial charge in [-0.05, 0) is 37.3 Å². The molecule has 0 N–H and O–H groups in total. The van der Waals surface area contributed by atoms with E-state index < -0.39 is 10.0 Å². The molecular weight excluding hydrogens is 384 g/mol. The van der Waals surface area contributed by atoms with Crippen molar-refractivity contribution < 1.29 is 13.2 Å². The van der Waals surface area contributed by atoms with E-state index in [1.165, 1.54) is 4.31 Å². The highest BCUT2D eigenvalue weighted by molar-refractivity contribution is 7.92. The number of aromatic nitrogens is 1. The van der Waals surface area contributed by atoms with E-state index in [1.54, 1.807) is 49.5 Å². The average molecular weight is 403 g/mol. The Labute approximate surface area is 164 Å². The Bertz CT molecular complexity index is 1010. The fourth-order valence-electron chi connectivity index (χ4n) is 2.52. The maximum atomic E-state index is 12.7. The number of hydrogen-bond donors (Lipinski definition) is 0. The fourth-order valence-corrected chi connectivity index (χ4v) is 3.79. The normalized spacial score (nSPS) is 11.2. The Hall–Kier alpha value is -2.57. The molecule has 0 fully saturated rings. The van der Waals surface area contributed by atoms with Gasteiger partial charge < -0.3 is 4.74 Å². The second kappa shape index (κ2) is 8.41. The van der Waals surface area contributed by atoms with Crippen molar-refractivity contribution in [3.63, 3.8) is 0 Å². The van der Waals surface area contributed by atoms with Crippen molar-refractivity contribution in [2.45, 2.75) is 13.5 Å². The molecule has 1 aromatic heterocycles. The van der Waals surface area contributed by atoms with Crippen molar-refractivity contribution in [1.29, 1.82) is 0 Å². The van der Waals surface area contributed by atoms with E-state index in [9.17, 15) is 8.42 Å². The fraction of sp³-hybridized carbons (Fsp3) is 0.150. The zero-order valence-corrected chi connectivity index (χ0v) is 16.3. The SMILES string of the molecule is CCS(=O)(=O)N(Cc1cccnc1Cl)c1cccc(Oc2ccccc2)c1. The molecule has 0 amide bonds. The molecular formula is C20H19ClN2O3S. The van der Waals surface area contributed by atoms with Gasteiger partial charge >= 0.3 is 0 Å². The van der Waals surface area contributed by atoms with Crippen LogP contribution in [0.2, 0.25) is 5.15 Å². The summed E-state index contributed by atoms with van der Waals surface area (Å²) in [6, 6.07) is 19.8. The molecule has 3 aromatic rings. The number of benzene rings is 2. The van der Waals surface area contributed by atoms with Crippen LogP contribution in [-0.2, 0) is 16.6 Å². The molecule has 0 atom stereocenters. The van der Waals surface area contributed by atoms with E-state index in [0.717, 1.165) is 0 Å². The summed E-state index contributed by atoms with van der Waals surface area (Å²) in [4.78, 5) is 4.03. The number of para-hydroxylation sites is 1. The lowest BCUT2D eigenvalue weighted by molar-refractivity contribution is 0.483. The largest absolute Gasteiger partial charge is 0.457 e. The van der Waals surface area contributed by atoms with Crippen LogP contribution in [0, 0.1) is 0 Å². The average Bonchev–Trinajstić information content (AvgIpc) is 2.68. The van der Waals surface area contributed by atoms with Gasteiger partial charge in [-0.2, -0.15) is 0 Å². The van der Waals surface area contributed by atoms with Gasteiger partial charge in [0.15, 0.2) is 0 Å². The van der Waals surface area contributed by atoms with Gasteiger partial charge in [-0.25, -0.2) is 13.4 Å². The number of hydrogen-bond acceptors (Lipinski definition) is 4. The molecule has 0 aliphatic carbocycles. The summed E-state index contributed by atoms with van der Waals surface area (Å²) >= 11 is 6.13. The molecule has 0 aliphatic rings. The molecule has 140 valence electrons. The highest BCUT2D eigenvalue weighted by Crippen LogP contribution is 2.29. The van der Waals surface area contributed by atoms with Crippen LogP contribution in [0.1, 0.15) is 12.5 Å². The van der Waals surface area contributed by atoms with Gasteiger partial charge in [-0.15, -0.1) is 0 Å². The summed E-state index contributed by atoms with van der Waals surface area (Å²) in [7, 11) is -3.53. The molecule has 0 saturated carbocycles. The maximum absolute atomic E-state index is 12.7. The first kappa shape index (κ1) is 19.2. The van der Waals surface area contributed by atoms with Crippen LogP contribution < -0.4 is 9.04 Å². The van der Waals surface area contributed by atoms with Crippen molar-refractivity contribution in [1.82, 2.24) is 4.98 Å². The molecule has 2 aromatic carbocycles. The number of ether oxygens (including phenoxy) is 1. The van der Waals surface area contributed by atoms with E-state index in [1.807, 2.05) is 30.3 Å². The third kappa shape index (κ3) is 4.78. The van der Waals surface area contributed by atoms with E-state index in [4.69, 9.17) is 16.3 Å². The first-order valence-electron chi connectivity index (χ1n) is 8.42. The third-order valence-electron chi connectivity index (χ3n) is 3.94. The van der Waals surface area contributed by atoms with Crippen LogP contribution in [0.3, 0.4) is 0 Å². The number of halogens is 1. The second-order valence-corrected chi connectivity index (χ2v) is 8.31. The summed E-state index contributed by atoms with van der Waals surface area (Å²) in [6.45, 7) is 1.70. The number of rotatable bonds is 7. The second-order valence-electron chi connectivity index (χ2n) is 5.77. The molecule has 0 aliphatic heterocycles. The monoisotopic (exact) mass is 402 g/mol. The van der Waals surface area contributed by atoms with Gasteiger partial charge in [0.05, 0.1) is 18.0 Å². The Morgan fingerprint density at radius 1 is 1.00 bits per heavy atom. The topological polar surface area (TPSA) is 59.5 Å². The Kier molecular flexibility index (Phi) is 5.98. The van der Waals surface area contributed by atoms with Gasteiger partial charge in [0.25, 0.3) is 0 Å². The lowest BCUT2D eigenvalue weighted by Gasteiger charge is -2.24. The third-order valence-corrected chi connectivity index (χ3v) is 6.02. The van der Waals surface area contributed by atoms with Gasteiger partial charge in [-0.3, -0.25) is 4.31 Å². The standard InChI is InChI=1S/C20H19ClN2O3S/c1-2-27(24,25)23(15-16-8-7-13-22-20(16)21)17-9-6-12-19(14-17)26-18-10-4-3-5-11-18/h3-14H,2,15H2,1H3. The Morgan fingerprint density at radius 3 is 2.44 bits per heavy atom. The summed E-state index contributed by atoms with van der Waals surface area (Å²) in [5.74, 6) is 1.19. The van der Waals surface area contributed by atoms with Crippen LogP contribution in [-0.4, -0.2) is 19.2 Å². The van der Waals surface area contributed by atoms with Crippen LogP contribution in [0.4, 0.5) is 5.69 Å². The minimum absolute atomic E-state index is 0.0331. The summed E-state index contributed by atoms with van der Waals surface area (Å²) < 4.78 is 32.6. The quantitative estimate of drug-likeness (QED) is 0.528. The predicted octanol–water partition coefficient (Wildman–Crippen LogP) is 4.88. The summed E-state index contributed by atoms with van der Waals surface area (Å²) in [5.41, 5.74) is 1.13. The van der Waals surface area contributed by atoms with E-state index in [2.05, 4.69) is 4.98 Å². The zero-order valence-electron chi connectivity index (χ0n) is 14.7. The predicted molar refractivity (Wildman–Crippen MR) is 108 cm³/mol. The molecule has 0 spiro atoms. The molecule has 0 unspecified atom stereocenters. The zero-order chi connectivity index (χ0) is 19.3. The van der Waals surface area contributed by atoms with Crippen molar-refractivity contribution >= 4 is 27.3 Å².